The van der Waals surface area contributed by atoms with E-state index in [1.807, 2.05) is 17.9 Å². The van der Waals surface area contributed by atoms with Crippen LogP contribution in [0.25, 0.3) is 0 Å². The molecule has 0 aromatic carbocycles. The summed E-state index contributed by atoms with van der Waals surface area (Å²) in [5.74, 6) is 0.653. The van der Waals surface area contributed by atoms with E-state index in [4.69, 9.17) is 0 Å². The summed E-state index contributed by atoms with van der Waals surface area (Å²) >= 11 is 0. The first kappa shape index (κ1) is 12.2. The molecule has 3 nitrogen and oxygen atoms in total. The summed E-state index contributed by atoms with van der Waals surface area (Å²) in [5.41, 5.74) is 1.31. The van der Waals surface area contributed by atoms with Gasteiger partial charge in [0.1, 0.15) is 0 Å². The van der Waals surface area contributed by atoms with Crippen molar-refractivity contribution in [2.24, 2.45) is 13.0 Å². The van der Waals surface area contributed by atoms with Crippen LogP contribution in [0.2, 0.25) is 0 Å². The summed E-state index contributed by atoms with van der Waals surface area (Å²) in [6, 6.07) is 0.448. The second-order valence-corrected chi connectivity index (χ2v) is 4.26. The molecule has 1 aromatic heterocycles. The highest BCUT2D eigenvalue weighted by Crippen LogP contribution is 2.23. The lowest BCUT2D eigenvalue weighted by molar-refractivity contribution is 0.377. The summed E-state index contributed by atoms with van der Waals surface area (Å²) in [4.78, 5) is 0. The van der Waals surface area contributed by atoms with Crippen molar-refractivity contribution in [2.45, 2.75) is 39.7 Å². The molecule has 0 radical (unpaired) electrons. The number of aryl methyl sites for hydroxylation is 1. The second kappa shape index (κ2) is 5.91. The van der Waals surface area contributed by atoms with Crippen molar-refractivity contribution in [3.8, 4) is 0 Å². The Labute approximate surface area is 92.9 Å². The number of rotatable bonds is 6. The van der Waals surface area contributed by atoms with E-state index >= 15 is 0 Å². The van der Waals surface area contributed by atoms with Crippen LogP contribution in [0.4, 0.5) is 0 Å². The minimum absolute atomic E-state index is 0.448. The Kier molecular flexibility index (Phi) is 4.82. The predicted octanol–water partition coefficient (Wildman–Crippen LogP) is 2.51. The van der Waals surface area contributed by atoms with Gasteiger partial charge in [0.05, 0.1) is 6.20 Å². The fourth-order valence-corrected chi connectivity index (χ4v) is 1.78. The van der Waals surface area contributed by atoms with Crippen molar-refractivity contribution in [3.05, 3.63) is 18.0 Å². The summed E-state index contributed by atoms with van der Waals surface area (Å²) in [6.45, 7) is 7.80. The summed E-state index contributed by atoms with van der Waals surface area (Å²) in [6.07, 6.45) is 6.45. The fraction of sp³-hybridized carbons (Fsp3) is 0.750. The van der Waals surface area contributed by atoms with Crippen LogP contribution >= 0.6 is 0 Å². The highest BCUT2D eigenvalue weighted by Gasteiger charge is 2.18. The number of hydrogen-bond donors (Lipinski definition) is 1. The number of hydrogen-bond acceptors (Lipinski definition) is 2. The van der Waals surface area contributed by atoms with Crippen LogP contribution in [0, 0.1) is 5.92 Å². The zero-order valence-corrected chi connectivity index (χ0v) is 10.3. The lowest BCUT2D eigenvalue weighted by Gasteiger charge is -2.23. The van der Waals surface area contributed by atoms with Gasteiger partial charge in [-0.3, -0.25) is 4.68 Å². The number of nitrogens with zero attached hydrogens (tertiary/aromatic N) is 2. The Balaban J connectivity index is 2.71. The standard InChI is InChI=1S/C12H23N3/c1-5-7-13-12(10(3)6-2)11-8-14-15(4)9-11/h8-10,12-13H,5-7H2,1-4H3. The third-order valence-electron chi connectivity index (χ3n) is 2.91. The summed E-state index contributed by atoms with van der Waals surface area (Å²) in [7, 11) is 1.97. The van der Waals surface area contributed by atoms with Gasteiger partial charge < -0.3 is 5.32 Å². The van der Waals surface area contributed by atoms with Gasteiger partial charge in [-0.1, -0.05) is 27.2 Å². The molecule has 3 heteroatoms. The molecule has 0 aliphatic rings. The lowest BCUT2D eigenvalue weighted by Crippen LogP contribution is -2.27. The maximum atomic E-state index is 4.24. The van der Waals surface area contributed by atoms with Crippen LogP contribution in [0.1, 0.15) is 45.2 Å². The van der Waals surface area contributed by atoms with E-state index in [1.54, 1.807) is 0 Å². The Hall–Kier alpha value is -0.830. The largest absolute Gasteiger partial charge is 0.310 e. The van der Waals surface area contributed by atoms with E-state index in [9.17, 15) is 0 Å². The first-order chi connectivity index (χ1) is 7.19. The normalized spacial score (nSPS) is 15.2. The fourth-order valence-electron chi connectivity index (χ4n) is 1.78. The number of aromatic nitrogens is 2. The van der Waals surface area contributed by atoms with Gasteiger partial charge >= 0.3 is 0 Å². The van der Waals surface area contributed by atoms with Crippen LogP contribution in [0.3, 0.4) is 0 Å². The summed E-state index contributed by atoms with van der Waals surface area (Å²) < 4.78 is 1.87. The van der Waals surface area contributed by atoms with Gasteiger partial charge in [0.2, 0.25) is 0 Å². The van der Waals surface area contributed by atoms with Gasteiger partial charge in [-0.15, -0.1) is 0 Å². The van der Waals surface area contributed by atoms with E-state index in [0.29, 0.717) is 12.0 Å². The quantitative estimate of drug-likeness (QED) is 0.780. The van der Waals surface area contributed by atoms with Crippen LogP contribution < -0.4 is 5.32 Å². The molecular formula is C12H23N3. The number of nitrogens with one attached hydrogen (secondary N) is 1. The zero-order valence-electron chi connectivity index (χ0n) is 10.3. The lowest BCUT2D eigenvalue weighted by atomic mass is 9.94. The molecule has 0 saturated heterocycles. The maximum absolute atomic E-state index is 4.24. The van der Waals surface area contributed by atoms with Gasteiger partial charge in [0, 0.05) is 24.8 Å². The van der Waals surface area contributed by atoms with Gasteiger partial charge in [-0.2, -0.15) is 5.10 Å². The average molecular weight is 209 g/mol. The second-order valence-electron chi connectivity index (χ2n) is 4.26. The first-order valence-electron chi connectivity index (χ1n) is 5.91. The topological polar surface area (TPSA) is 29.9 Å². The van der Waals surface area contributed by atoms with E-state index < -0.39 is 0 Å². The Morgan fingerprint density at radius 1 is 1.47 bits per heavy atom. The molecule has 2 unspecified atom stereocenters. The van der Waals surface area contributed by atoms with E-state index in [0.717, 1.165) is 6.54 Å². The van der Waals surface area contributed by atoms with Crippen LogP contribution in [0.15, 0.2) is 12.4 Å². The maximum Gasteiger partial charge on any atom is 0.0537 e. The highest BCUT2D eigenvalue weighted by molar-refractivity contribution is 5.11. The van der Waals surface area contributed by atoms with E-state index in [1.165, 1.54) is 18.4 Å². The molecule has 15 heavy (non-hydrogen) atoms. The van der Waals surface area contributed by atoms with Crippen molar-refractivity contribution in [3.63, 3.8) is 0 Å². The smallest absolute Gasteiger partial charge is 0.0537 e. The molecule has 0 saturated carbocycles. The minimum Gasteiger partial charge on any atom is -0.310 e. The first-order valence-corrected chi connectivity index (χ1v) is 5.91. The van der Waals surface area contributed by atoms with Gasteiger partial charge in [-0.05, 0) is 18.9 Å². The molecule has 1 aromatic rings. The molecule has 2 atom stereocenters. The molecule has 0 aliphatic carbocycles. The van der Waals surface area contributed by atoms with Crippen LogP contribution in [-0.4, -0.2) is 16.3 Å². The zero-order chi connectivity index (χ0) is 11.3. The van der Waals surface area contributed by atoms with Crippen molar-refractivity contribution in [1.82, 2.24) is 15.1 Å². The van der Waals surface area contributed by atoms with Crippen molar-refractivity contribution in [1.29, 1.82) is 0 Å². The SMILES string of the molecule is CCCNC(c1cnn(C)c1)C(C)CC. The van der Waals surface area contributed by atoms with Gasteiger partial charge in [0.25, 0.3) is 0 Å². The Morgan fingerprint density at radius 3 is 2.67 bits per heavy atom. The highest BCUT2D eigenvalue weighted by atomic mass is 15.2. The van der Waals surface area contributed by atoms with Crippen molar-refractivity contribution >= 4 is 0 Å². The molecule has 0 bridgehead atoms. The van der Waals surface area contributed by atoms with E-state index in [2.05, 4.69) is 37.4 Å². The molecule has 0 aliphatic heterocycles. The third kappa shape index (κ3) is 3.34. The third-order valence-corrected chi connectivity index (χ3v) is 2.91. The van der Waals surface area contributed by atoms with Gasteiger partial charge in [-0.25, -0.2) is 0 Å². The van der Waals surface area contributed by atoms with E-state index in [-0.39, 0.29) is 0 Å². The van der Waals surface area contributed by atoms with Crippen LogP contribution in [0.5, 0.6) is 0 Å². The minimum atomic E-state index is 0.448. The molecule has 0 spiro atoms. The Morgan fingerprint density at radius 2 is 2.20 bits per heavy atom. The summed E-state index contributed by atoms with van der Waals surface area (Å²) in [5, 5.41) is 7.84. The van der Waals surface area contributed by atoms with Crippen molar-refractivity contribution in [2.75, 3.05) is 6.54 Å². The predicted molar refractivity (Wildman–Crippen MR) is 63.7 cm³/mol. The molecular weight excluding hydrogens is 186 g/mol. The molecule has 1 heterocycles. The molecule has 0 fully saturated rings. The molecule has 1 rings (SSSR count). The molecule has 0 amide bonds. The average Bonchev–Trinajstić information content (AvgIpc) is 2.65. The van der Waals surface area contributed by atoms with Gasteiger partial charge in [0.15, 0.2) is 0 Å². The van der Waals surface area contributed by atoms with Crippen LogP contribution in [-0.2, 0) is 7.05 Å². The monoisotopic (exact) mass is 209 g/mol. The molecule has 1 N–H and O–H groups in total. The van der Waals surface area contributed by atoms with Crippen molar-refractivity contribution < 1.29 is 0 Å². The molecule has 86 valence electrons. The Bertz CT molecular complexity index is 280.